The Morgan fingerprint density at radius 1 is 1.29 bits per heavy atom. The molecule has 0 spiro atoms. The number of terminal acetylenes is 1. The molecule has 2 aliphatic rings. The number of rotatable bonds is 0. The first-order valence-corrected chi connectivity index (χ1v) is 4.82. The Labute approximate surface area is 82.3 Å². The molecule has 1 N–H and O–H groups in total. The van der Waals surface area contributed by atoms with Gasteiger partial charge in [0.15, 0.2) is 0 Å². The van der Waals surface area contributed by atoms with E-state index in [4.69, 9.17) is 6.42 Å². The van der Waals surface area contributed by atoms with Gasteiger partial charge in [-0.2, -0.15) is 0 Å². The van der Waals surface area contributed by atoms with Crippen molar-refractivity contribution in [2.45, 2.75) is 11.8 Å². The van der Waals surface area contributed by atoms with Gasteiger partial charge >= 0.3 is 0 Å². The predicted octanol–water partition coefficient (Wildman–Crippen LogP) is 1.59. The van der Waals surface area contributed by atoms with Gasteiger partial charge in [-0.15, -0.1) is 6.42 Å². The third-order valence-electron chi connectivity index (χ3n) is 3.34. The third kappa shape index (κ3) is 0.830. The van der Waals surface area contributed by atoms with Crippen molar-refractivity contribution in [1.29, 1.82) is 0 Å². The molecule has 0 radical (unpaired) electrons. The highest BCUT2D eigenvalue weighted by Gasteiger charge is 2.41. The van der Waals surface area contributed by atoms with E-state index >= 15 is 0 Å². The van der Waals surface area contributed by atoms with E-state index in [-0.39, 0.29) is 5.82 Å². The largest absolute Gasteiger partial charge is 0.315 e. The summed E-state index contributed by atoms with van der Waals surface area (Å²) in [6.45, 7) is 1.99. The molecule has 0 saturated carbocycles. The van der Waals surface area contributed by atoms with E-state index < -0.39 is 0 Å². The van der Waals surface area contributed by atoms with E-state index in [1.54, 1.807) is 6.07 Å². The molecule has 1 nitrogen and oxygen atoms in total. The summed E-state index contributed by atoms with van der Waals surface area (Å²) in [4.78, 5) is 0. The fourth-order valence-corrected chi connectivity index (χ4v) is 2.59. The van der Waals surface area contributed by atoms with E-state index in [1.807, 2.05) is 6.07 Å². The van der Waals surface area contributed by atoms with Crippen molar-refractivity contribution in [2.24, 2.45) is 0 Å². The zero-order chi connectivity index (χ0) is 9.71. The molecule has 1 heterocycles. The maximum absolute atomic E-state index is 13.4. The summed E-state index contributed by atoms with van der Waals surface area (Å²) in [5.41, 5.74) is 2.79. The molecule has 0 amide bonds. The van der Waals surface area contributed by atoms with Crippen molar-refractivity contribution in [2.75, 3.05) is 13.1 Å². The van der Waals surface area contributed by atoms with Crippen LogP contribution in [0.5, 0.6) is 0 Å². The summed E-state index contributed by atoms with van der Waals surface area (Å²) in [7, 11) is 0. The number of nitrogens with one attached hydrogen (secondary N) is 1. The summed E-state index contributed by atoms with van der Waals surface area (Å²) in [6.07, 6.45) is 5.23. The minimum atomic E-state index is -0.253. The lowest BCUT2D eigenvalue weighted by Gasteiger charge is -2.33. The number of hydrogen-bond donors (Lipinski definition) is 1. The summed E-state index contributed by atoms with van der Waals surface area (Å²) < 4.78 is 13.4. The Balaban J connectivity index is 2.14. The fraction of sp³-hybridized carbons (Fsp3) is 0.333. The van der Waals surface area contributed by atoms with E-state index in [0.29, 0.717) is 17.4 Å². The van der Waals surface area contributed by atoms with Crippen LogP contribution >= 0.6 is 0 Å². The summed E-state index contributed by atoms with van der Waals surface area (Å²) in [5.74, 6) is 3.22. The molecule has 14 heavy (non-hydrogen) atoms. The van der Waals surface area contributed by atoms with Gasteiger partial charge in [-0.3, -0.25) is 0 Å². The van der Waals surface area contributed by atoms with Gasteiger partial charge in [0.25, 0.3) is 0 Å². The second kappa shape index (κ2) is 2.59. The van der Waals surface area contributed by atoms with Gasteiger partial charge in [0.2, 0.25) is 0 Å². The van der Waals surface area contributed by atoms with Crippen molar-refractivity contribution >= 4 is 0 Å². The average Bonchev–Trinajstić information content (AvgIpc) is 2.60. The van der Waals surface area contributed by atoms with E-state index in [2.05, 4.69) is 11.2 Å². The van der Waals surface area contributed by atoms with Crippen LogP contribution in [0.1, 0.15) is 28.5 Å². The van der Waals surface area contributed by atoms with Gasteiger partial charge in [0.05, 0.1) is 5.56 Å². The minimum Gasteiger partial charge on any atom is -0.315 e. The lowest BCUT2D eigenvalue weighted by Crippen LogP contribution is -2.23. The third-order valence-corrected chi connectivity index (χ3v) is 3.34. The first-order chi connectivity index (χ1) is 6.81. The lowest BCUT2D eigenvalue weighted by atomic mass is 9.69. The van der Waals surface area contributed by atoms with Crippen LogP contribution < -0.4 is 5.32 Å². The molecule has 3 rings (SSSR count). The van der Waals surface area contributed by atoms with Crippen LogP contribution in [0.4, 0.5) is 4.39 Å². The summed E-state index contributed by atoms with van der Waals surface area (Å²) >= 11 is 0. The number of benzene rings is 1. The highest BCUT2D eigenvalue weighted by atomic mass is 19.1. The van der Waals surface area contributed by atoms with Crippen molar-refractivity contribution in [3.63, 3.8) is 0 Å². The molecule has 1 aliphatic carbocycles. The Morgan fingerprint density at radius 2 is 1.93 bits per heavy atom. The summed E-state index contributed by atoms with van der Waals surface area (Å²) in [6, 6.07) is 3.44. The minimum absolute atomic E-state index is 0.253. The van der Waals surface area contributed by atoms with Gasteiger partial charge in [-0.05, 0) is 23.3 Å². The van der Waals surface area contributed by atoms with Crippen LogP contribution in [-0.2, 0) is 0 Å². The molecule has 1 aliphatic heterocycles. The summed E-state index contributed by atoms with van der Waals surface area (Å²) in [5, 5.41) is 3.31. The van der Waals surface area contributed by atoms with Crippen LogP contribution in [0.15, 0.2) is 12.1 Å². The maximum Gasteiger partial charge on any atom is 0.139 e. The van der Waals surface area contributed by atoms with Crippen LogP contribution in [0.2, 0.25) is 0 Å². The first kappa shape index (κ1) is 8.02. The highest BCUT2D eigenvalue weighted by molar-refractivity contribution is 5.52. The predicted molar refractivity (Wildman–Crippen MR) is 52.7 cm³/mol. The first-order valence-electron chi connectivity index (χ1n) is 4.82. The monoisotopic (exact) mass is 187 g/mol. The van der Waals surface area contributed by atoms with Gasteiger partial charge in [-0.1, -0.05) is 5.92 Å². The Hall–Kier alpha value is -1.33. The molecular formula is C12H10FN. The Morgan fingerprint density at radius 3 is 2.57 bits per heavy atom. The van der Waals surface area contributed by atoms with E-state index in [9.17, 15) is 4.39 Å². The number of halogens is 1. The Bertz CT molecular complexity index is 444. The van der Waals surface area contributed by atoms with Gasteiger partial charge in [-0.25, -0.2) is 4.39 Å². The standard InChI is InChI=1S/C12H10FN/c1-2-7-3-8-9(4-12(7)13)11-6-14-5-10(8)11/h1,3-4,10-11,14H,5-6H2. The molecule has 1 saturated heterocycles. The van der Waals surface area contributed by atoms with Crippen LogP contribution in [0.25, 0.3) is 0 Å². The molecule has 0 aromatic heterocycles. The van der Waals surface area contributed by atoms with Gasteiger partial charge < -0.3 is 5.32 Å². The molecule has 1 aromatic rings. The molecular weight excluding hydrogens is 177 g/mol. The molecule has 2 heteroatoms. The lowest BCUT2D eigenvalue weighted by molar-refractivity contribution is 0.557. The smallest absolute Gasteiger partial charge is 0.139 e. The molecule has 2 unspecified atom stereocenters. The molecule has 1 fully saturated rings. The van der Waals surface area contributed by atoms with Gasteiger partial charge in [0, 0.05) is 24.9 Å². The number of fused-ring (bicyclic) bond motifs is 4. The van der Waals surface area contributed by atoms with Crippen molar-refractivity contribution in [1.82, 2.24) is 5.32 Å². The van der Waals surface area contributed by atoms with Crippen molar-refractivity contribution < 1.29 is 4.39 Å². The average molecular weight is 187 g/mol. The van der Waals surface area contributed by atoms with Crippen LogP contribution in [0, 0.1) is 18.2 Å². The van der Waals surface area contributed by atoms with Crippen LogP contribution in [0.3, 0.4) is 0 Å². The molecule has 2 atom stereocenters. The van der Waals surface area contributed by atoms with E-state index in [1.165, 1.54) is 5.56 Å². The Kier molecular flexibility index (Phi) is 1.48. The zero-order valence-corrected chi connectivity index (χ0v) is 7.68. The van der Waals surface area contributed by atoms with Crippen molar-refractivity contribution in [3.05, 3.63) is 34.6 Å². The topological polar surface area (TPSA) is 12.0 Å². The van der Waals surface area contributed by atoms with Crippen molar-refractivity contribution in [3.8, 4) is 12.3 Å². The van der Waals surface area contributed by atoms with E-state index in [0.717, 1.165) is 18.7 Å². The number of hydrogen-bond acceptors (Lipinski definition) is 1. The fourth-order valence-electron chi connectivity index (χ4n) is 2.59. The quantitative estimate of drug-likeness (QED) is 0.608. The normalized spacial score (nSPS) is 27.4. The molecule has 0 bridgehead atoms. The zero-order valence-electron chi connectivity index (χ0n) is 7.68. The molecule has 1 aromatic carbocycles. The SMILES string of the molecule is C#Cc1cc2c(cc1F)C1CNCC21. The second-order valence-corrected chi connectivity index (χ2v) is 3.98. The van der Waals surface area contributed by atoms with Gasteiger partial charge in [0.1, 0.15) is 5.82 Å². The van der Waals surface area contributed by atoms with Crippen LogP contribution in [-0.4, -0.2) is 13.1 Å². The maximum atomic E-state index is 13.4. The second-order valence-electron chi connectivity index (χ2n) is 3.98. The highest BCUT2D eigenvalue weighted by Crippen LogP contribution is 2.49. The molecule has 70 valence electrons.